The molecular weight excluding hydrogens is 477 g/mol. The van der Waals surface area contributed by atoms with E-state index in [4.69, 9.17) is 17.0 Å². The number of anilines is 1. The Morgan fingerprint density at radius 2 is 2.10 bits per heavy atom. The molecule has 0 unspecified atom stereocenters. The molecule has 8 nitrogen and oxygen atoms in total. The molecule has 0 aliphatic heterocycles. The summed E-state index contributed by atoms with van der Waals surface area (Å²) in [6.07, 6.45) is 6.57. The number of allylic oxidation sites excluding steroid dienone is 1. The number of fused-ring (bicyclic) bond motifs is 1. The van der Waals surface area contributed by atoms with Gasteiger partial charge < -0.3 is 5.32 Å². The third kappa shape index (κ3) is 5.74. The zero-order valence-electron chi connectivity index (χ0n) is 15.7. The minimum atomic E-state index is -4.50. The molecule has 0 aliphatic carbocycles. The van der Waals surface area contributed by atoms with Crippen molar-refractivity contribution in [2.45, 2.75) is 22.4 Å². The van der Waals surface area contributed by atoms with Crippen LogP contribution in [0, 0.1) is 5.41 Å². The van der Waals surface area contributed by atoms with Crippen LogP contribution in [0.1, 0.15) is 6.92 Å². The Morgan fingerprint density at radius 1 is 1.35 bits per heavy atom. The van der Waals surface area contributed by atoms with Crippen molar-refractivity contribution in [1.82, 2.24) is 19.4 Å². The molecule has 0 saturated carbocycles. The van der Waals surface area contributed by atoms with Crippen LogP contribution in [0.2, 0.25) is 0 Å². The Hall–Kier alpha value is -2.64. The number of sulfone groups is 1. The van der Waals surface area contributed by atoms with Gasteiger partial charge in [0.15, 0.2) is 9.84 Å². The van der Waals surface area contributed by atoms with Crippen LogP contribution in [0.15, 0.2) is 53.1 Å². The van der Waals surface area contributed by atoms with Crippen LogP contribution >= 0.6 is 23.4 Å². The van der Waals surface area contributed by atoms with Crippen molar-refractivity contribution in [3.05, 3.63) is 43.1 Å². The molecule has 14 heteroatoms. The molecular formula is C17H14ClF3N6O2S2. The predicted molar refractivity (Wildman–Crippen MR) is 112 cm³/mol. The number of thioether (sulfide) groups is 1. The van der Waals surface area contributed by atoms with E-state index in [1.54, 1.807) is 0 Å². The third-order valence-corrected chi connectivity index (χ3v) is 6.36. The topological polar surface area (TPSA) is 113 Å². The Morgan fingerprint density at radius 3 is 2.74 bits per heavy atom. The van der Waals surface area contributed by atoms with Crippen molar-refractivity contribution in [3.63, 3.8) is 0 Å². The van der Waals surface area contributed by atoms with E-state index in [0.717, 1.165) is 12.4 Å². The maximum atomic E-state index is 12.6. The van der Waals surface area contributed by atoms with Crippen LogP contribution in [-0.4, -0.2) is 44.2 Å². The van der Waals surface area contributed by atoms with E-state index in [9.17, 15) is 21.6 Å². The fourth-order valence-corrected chi connectivity index (χ4v) is 4.12. The normalized spacial score (nSPS) is 12.5. The maximum absolute atomic E-state index is 12.6. The first-order chi connectivity index (χ1) is 14.5. The van der Waals surface area contributed by atoms with Crippen LogP contribution < -0.4 is 5.32 Å². The van der Waals surface area contributed by atoms with Crippen LogP contribution in [0.5, 0.6) is 0 Å². The molecule has 2 N–H and O–H groups in total. The van der Waals surface area contributed by atoms with Crippen molar-refractivity contribution >= 4 is 49.7 Å². The monoisotopic (exact) mass is 490 g/mol. The highest BCUT2D eigenvalue weighted by Crippen LogP contribution is 2.36. The number of pyridine rings is 1. The van der Waals surface area contributed by atoms with Crippen LogP contribution in [-0.2, 0) is 9.84 Å². The Balaban J connectivity index is 2.06. The lowest BCUT2D eigenvalue weighted by atomic mass is 10.2. The molecule has 0 amide bonds. The molecule has 0 fully saturated rings. The smallest absolute Gasteiger partial charge is 0.360 e. The Labute approximate surface area is 184 Å². The van der Waals surface area contributed by atoms with E-state index in [0.29, 0.717) is 5.69 Å². The van der Waals surface area contributed by atoms with E-state index in [2.05, 4.69) is 20.3 Å². The van der Waals surface area contributed by atoms with Gasteiger partial charge in [0.05, 0.1) is 22.5 Å². The number of halogens is 4. The van der Waals surface area contributed by atoms with Gasteiger partial charge in [0.1, 0.15) is 33.6 Å². The number of aromatic nitrogens is 4. The van der Waals surface area contributed by atoms with Gasteiger partial charge in [0.2, 0.25) is 0 Å². The first-order valence-corrected chi connectivity index (χ1v) is 11.3. The molecule has 3 heterocycles. The molecule has 0 saturated heterocycles. The van der Waals surface area contributed by atoms with Gasteiger partial charge in [-0.2, -0.15) is 13.2 Å². The number of rotatable bonds is 7. The number of hydrogen-bond donors (Lipinski definition) is 2. The van der Waals surface area contributed by atoms with Gasteiger partial charge >= 0.3 is 5.51 Å². The number of nitrogens with zero attached hydrogens (tertiary/aromatic N) is 4. The lowest BCUT2D eigenvalue weighted by Gasteiger charge is -2.09. The molecule has 3 rings (SSSR count). The zero-order valence-corrected chi connectivity index (χ0v) is 18.1. The fraction of sp³-hybridized carbons (Fsp3) is 0.176. The van der Waals surface area contributed by atoms with Gasteiger partial charge in [-0.15, -0.1) is 0 Å². The first-order valence-electron chi connectivity index (χ1n) is 8.49. The van der Waals surface area contributed by atoms with Gasteiger partial charge in [-0.05, 0) is 12.1 Å². The number of alkyl halides is 3. The summed E-state index contributed by atoms with van der Waals surface area (Å²) in [6.45, 7) is 1.47. The summed E-state index contributed by atoms with van der Waals surface area (Å²) < 4.78 is 64.4. The molecule has 31 heavy (non-hydrogen) atoms. The zero-order chi connectivity index (χ0) is 22.8. The second-order valence-corrected chi connectivity index (χ2v) is 9.71. The standard InChI is InChI=1S/C17H14ClF3N6O2S2/c1-2-31(28,29)12-5-10(23-4-3-13(18)22)7-24-16(12)11-8-27-9-25-15(6-14(27)26-11)30-17(19,20)21/h3-9,22-23H,2H2,1H3/b4-3-,22-13?. The molecule has 0 bridgehead atoms. The summed E-state index contributed by atoms with van der Waals surface area (Å²) in [4.78, 5) is 12.1. The number of hydrogen-bond acceptors (Lipinski definition) is 8. The highest BCUT2D eigenvalue weighted by molar-refractivity contribution is 8.00. The SMILES string of the molecule is CCS(=O)(=O)c1cc(N/C=C\C(=N)Cl)cnc1-c1cn2cnc(SC(F)(F)F)cc2n1. The van der Waals surface area contributed by atoms with Crippen LogP contribution in [0.4, 0.5) is 18.9 Å². The van der Waals surface area contributed by atoms with Gasteiger partial charge in [0, 0.05) is 30.2 Å². The minimum absolute atomic E-state index is 0.0511. The van der Waals surface area contributed by atoms with Gasteiger partial charge in [-0.25, -0.2) is 18.4 Å². The van der Waals surface area contributed by atoms with Crippen LogP contribution in [0.25, 0.3) is 17.0 Å². The van der Waals surface area contributed by atoms with Crippen LogP contribution in [0.3, 0.4) is 0 Å². The molecule has 0 atom stereocenters. The Bertz CT molecular complexity index is 1270. The average molecular weight is 491 g/mol. The molecule has 3 aromatic heterocycles. The van der Waals surface area contributed by atoms with E-state index in [1.165, 1.54) is 42.1 Å². The van der Waals surface area contributed by atoms with Gasteiger partial charge in [-0.3, -0.25) is 14.8 Å². The molecule has 0 aromatic carbocycles. The third-order valence-electron chi connectivity index (χ3n) is 3.83. The number of nitrogens with one attached hydrogen (secondary N) is 2. The highest BCUT2D eigenvalue weighted by atomic mass is 35.5. The molecule has 0 aliphatic rings. The first kappa shape index (κ1) is 23.0. The van der Waals surface area contributed by atoms with Crippen molar-refractivity contribution < 1.29 is 21.6 Å². The summed E-state index contributed by atoms with van der Waals surface area (Å²) in [5.41, 5.74) is -3.80. The van der Waals surface area contributed by atoms with E-state index < -0.39 is 15.3 Å². The summed E-state index contributed by atoms with van der Waals surface area (Å²) >= 11 is 5.05. The maximum Gasteiger partial charge on any atom is 0.447 e. The predicted octanol–water partition coefficient (Wildman–Crippen LogP) is 4.34. The molecule has 0 radical (unpaired) electrons. The van der Waals surface area contributed by atoms with E-state index in [1.807, 2.05) is 0 Å². The van der Waals surface area contributed by atoms with Crippen molar-refractivity contribution in [2.75, 3.05) is 11.1 Å². The largest absolute Gasteiger partial charge is 0.447 e. The summed E-state index contributed by atoms with van der Waals surface area (Å²) in [5, 5.41) is 9.40. The summed E-state index contributed by atoms with van der Waals surface area (Å²) in [6, 6.07) is 2.51. The Kier molecular flexibility index (Phi) is 6.57. The van der Waals surface area contributed by atoms with E-state index in [-0.39, 0.29) is 49.6 Å². The van der Waals surface area contributed by atoms with Crippen molar-refractivity contribution in [3.8, 4) is 11.4 Å². The molecule has 164 valence electrons. The fourth-order valence-electron chi connectivity index (χ4n) is 2.48. The lowest BCUT2D eigenvalue weighted by Crippen LogP contribution is -2.08. The summed E-state index contributed by atoms with van der Waals surface area (Å²) in [7, 11) is -3.72. The second-order valence-electron chi connectivity index (χ2n) is 5.97. The highest BCUT2D eigenvalue weighted by Gasteiger charge is 2.30. The van der Waals surface area contributed by atoms with Crippen molar-refractivity contribution in [1.29, 1.82) is 5.41 Å². The second kappa shape index (κ2) is 8.85. The molecule has 3 aromatic rings. The minimum Gasteiger partial charge on any atom is -0.360 e. The van der Waals surface area contributed by atoms with E-state index >= 15 is 0 Å². The van der Waals surface area contributed by atoms with Gasteiger partial charge in [-0.1, -0.05) is 18.5 Å². The van der Waals surface area contributed by atoms with Crippen molar-refractivity contribution in [2.24, 2.45) is 0 Å². The van der Waals surface area contributed by atoms with Gasteiger partial charge in [0.25, 0.3) is 0 Å². The lowest BCUT2D eigenvalue weighted by molar-refractivity contribution is -0.0329. The quantitative estimate of drug-likeness (QED) is 0.288. The summed E-state index contributed by atoms with van der Waals surface area (Å²) in [5.74, 6) is -0.200. The average Bonchev–Trinajstić information content (AvgIpc) is 3.09. The number of imidazole rings is 1. The molecule has 0 spiro atoms.